The molecule has 0 bridgehead atoms. The lowest BCUT2D eigenvalue weighted by molar-refractivity contribution is 0.249. The summed E-state index contributed by atoms with van der Waals surface area (Å²) in [5.74, 6) is 0.579. The molecule has 0 aromatic carbocycles. The Labute approximate surface area is 114 Å². The van der Waals surface area contributed by atoms with E-state index in [1.165, 1.54) is 24.2 Å². The Morgan fingerprint density at radius 3 is 2.67 bits per heavy atom. The van der Waals surface area contributed by atoms with Gasteiger partial charge in [0.2, 0.25) is 0 Å². The third-order valence-corrected chi connectivity index (χ3v) is 3.33. The van der Waals surface area contributed by atoms with Gasteiger partial charge in [0.15, 0.2) is 0 Å². The number of aromatic nitrogens is 2. The van der Waals surface area contributed by atoms with E-state index < -0.39 is 0 Å². The van der Waals surface area contributed by atoms with Crippen molar-refractivity contribution in [2.45, 2.75) is 59.5 Å². The van der Waals surface area contributed by atoms with Crippen LogP contribution >= 0.6 is 11.3 Å². The molecule has 0 saturated heterocycles. The Morgan fingerprint density at radius 1 is 1.33 bits per heavy atom. The van der Waals surface area contributed by atoms with E-state index in [1.807, 2.05) is 0 Å². The second-order valence-corrected chi connectivity index (χ2v) is 6.79. The van der Waals surface area contributed by atoms with Crippen LogP contribution in [-0.2, 0) is 6.54 Å². The quantitative estimate of drug-likeness (QED) is 0.827. The van der Waals surface area contributed by atoms with Gasteiger partial charge in [0.05, 0.1) is 13.2 Å². The summed E-state index contributed by atoms with van der Waals surface area (Å²) in [6.45, 7) is 12.3. The summed E-state index contributed by atoms with van der Waals surface area (Å²) in [6.07, 6.45) is 2.39. The van der Waals surface area contributed by atoms with Crippen LogP contribution in [0.2, 0.25) is 0 Å². The lowest BCUT2D eigenvalue weighted by Crippen LogP contribution is -2.35. The first-order chi connectivity index (χ1) is 8.40. The maximum Gasteiger partial charge on any atom is 0.294 e. The van der Waals surface area contributed by atoms with Crippen LogP contribution in [0.25, 0.3) is 0 Å². The van der Waals surface area contributed by atoms with Crippen LogP contribution in [0.15, 0.2) is 0 Å². The summed E-state index contributed by atoms with van der Waals surface area (Å²) >= 11 is 1.53. The second-order valence-electron chi connectivity index (χ2n) is 5.77. The number of hydrogen-bond donors (Lipinski definition) is 1. The molecular weight excluding hydrogens is 246 g/mol. The van der Waals surface area contributed by atoms with Crippen molar-refractivity contribution in [3.63, 3.8) is 0 Å². The highest BCUT2D eigenvalue weighted by Crippen LogP contribution is 2.19. The molecule has 1 unspecified atom stereocenters. The fourth-order valence-corrected chi connectivity index (χ4v) is 2.13. The molecule has 0 radical (unpaired) electrons. The fraction of sp³-hybridized carbons (Fsp3) is 0.846. The average Bonchev–Trinajstić information content (AvgIpc) is 2.71. The van der Waals surface area contributed by atoms with E-state index in [0.29, 0.717) is 11.1 Å². The fourth-order valence-electron chi connectivity index (χ4n) is 1.50. The molecule has 1 aromatic rings. The molecule has 1 rings (SSSR count). The molecule has 1 N–H and O–H groups in total. The van der Waals surface area contributed by atoms with Gasteiger partial charge >= 0.3 is 0 Å². The first-order valence-electron chi connectivity index (χ1n) is 6.61. The van der Waals surface area contributed by atoms with Crippen LogP contribution in [0.1, 0.15) is 52.5 Å². The van der Waals surface area contributed by atoms with Crippen LogP contribution in [0.5, 0.6) is 5.19 Å². The van der Waals surface area contributed by atoms with Crippen molar-refractivity contribution < 1.29 is 4.74 Å². The van der Waals surface area contributed by atoms with Crippen LogP contribution in [0.4, 0.5) is 0 Å². The van der Waals surface area contributed by atoms with E-state index in [1.54, 1.807) is 0 Å². The number of nitrogens with zero attached hydrogens (tertiary/aromatic N) is 2. The van der Waals surface area contributed by atoms with Gasteiger partial charge in [-0.2, -0.15) is 0 Å². The summed E-state index contributed by atoms with van der Waals surface area (Å²) in [6, 6.07) is 0. The minimum Gasteiger partial charge on any atom is -0.469 e. The number of hydrogen-bond acceptors (Lipinski definition) is 5. The number of nitrogens with one attached hydrogen (secondary N) is 1. The SMILES string of the molecule is CCCC(C)COc1nnc(CNC(C)(C)C)s1. The lowest BCUT2D eigenvalue weighted by Gasteiger charge is -2.19. The van der Waals surface area contributed by atoms with Crippen molar-refractivity contribution in [3.05, 3.63) is 5.01 Å². The third-order valence-electron chi connectivity index (χ3n) is 2.49. The van der Waals surface area contributed by atoms with Crippen LogP contribution < -0.4 is 10.1 Å². The maximum absolute atomic E-state index is 5.65. The third kappa shape index (κ3) is 6.31. The minimum atomic E-state index is 0.0995. The van der Waals surface area contributed by atoms with Gasteiger partial charge < -0.3 is 10.1 Å². The maximum atomic E-state index is 5.65. The van der Waals surface area contributed by atoms with Gasteiger partial charge in [0.1, 0.15) is 5.01 Å². The molecule has 1 atom stereocenters. The van der Waals surface area contributed by atoms with Crippen LogP contribution in [0, 0.1) is 5.92 Å². The first-order valence-corrected chi connectivity index (χ1v) is 7.42. The Kier molecular flexibility index (Phi) is 6.02. The summed E-state index contributed by atoms with van der Waals surface area (Å²) in [5.41, 5.74) is 0.0995. The standard InChI is InChI=1S/C13H25N3OS/c1-6-7-10(2)9-17-12-16-15-11(18-12)8-14-13(3,4)5/h10,14H,6-9H2,1-5H3. The smallest absolute Gasteiger partial charge is 0.294 e. The summed E-state index contributed by atoms with van der Waals surface area (Å²) < 4.78 is 5.65. The monoisotopic (exact) mass is 271 g/mol. The van der Waals surface area contributed by atoms with Gasteiger partial charge in [-0.3, -0.25) is 0 Å². The Balaban J connectivity index is 2.34. The summed E-state index contributed by atoms with van der Waals surface area (Å²) in [5, 5.41) is 13.2. The van der Waals surface area contributed by atoms with Gasteiger partial charge in [-0.05, 0) is 33.1 Å². The van der Waals surface area contributed by atoms with E-state index >= 15 is 0 Å². The van der Waals surface area contributed by atoms with E-state index in [-0.39, 0.29) is 5.54 Å². The molecule has 5 heteroatoms. The molecule has 0 amide bonds. The van der Waals surface area contributed by atoms with Gasteiger partial charge in [-0.1, -0.05) is 31.6 Å². The van der Waals surface area contributed by atoms with Crippen molar-refractivity contribution in [2.75, 3.05) is 6.61 Å². The van der Waals surface area contributed by atoms with Crippen molar-refractivity contribution in [1.29, 1.82) is 0 Å². The van der Waals surface area contributed by atoms with Gasteiger partial charge in [-0.15, -0.1) is 10.2 Å². The van der Waals surface area contributed by atoms with Crippen molar-refractivity contribution in [3.8, 4) is 5.19 Å². The van der Waals surface area contributed by atoms with E-state index in [9.17, 15) is 0 Å². The topological polar surface area (TPSA) is 47.0 Å². The van der Waals surface area contributed by atoms with Gasteiger partial charge in [0.25, 0.3) is 5.19 Å². The van der Waals surface area contributed by atoms with Crippen LogP contribution in [-0.4, -0.2) is 22.3 Å². The Hall–Kier alpha value is -0.680. The van der Waals surface area contributed by atoms with E-state index in [0.717, 1.165) is 18.2 Å². The highest BCUT2D eigenvalue weighted by molar-refractivity contribution is 7.13. The summed E-state index contributed by atoms with van der Waals surface area (Å²) in [4.78, 5) is 0. The Morgan fingerprint density at radius 2 is 2.06 bits per heavy atom. The average molecular weight is 271 g/mol. The highest BCUT2D eigenvalue weighted by atomic mass is 32.1. The predicted octanol–water partition coefficient (Wildman–Crippen LogP) is 3.24. The molecule has 1 heterocycles. The molecule has 1 aromatic heterocycles. The molecule has 0 spiro atoms. The lowest BCUT2D eigenvalue weighted by atomic mass is 10.1. The summed E-state index contributed by atoms with van der Waals surface area (Å²) in [7, 11) is 0. The van der Waals surface area contributed by atoms with Crippen molar-refractivity contribution in [2.24, 2.45) is 5.92 Å². The van der Waals surface area contributed by atoms with Crippen molar-refractivity contribution >= 4 is 11.3 Å². The molecule has 0 aliphatic heterocycles. The van der Waals surface area contributed by atoms with Crippen LogP contribution in [0.3, 0.4) is 0 Å². The van der Waals surface area contributed by atoms with E-state index in [2.05, 4.69) is 50.1 Å². The largest absolute Gasteiger partial charge is 0.469 e. The first kappa shape index (κ1) is 15.4. The molecule has 0 saturated carbocycles. The molecular formula is C13H25N3OS. The van der Waals surface area contributed by atoms with Gasteiger partial charge in [-0.25, -0.2) is 0 Å². The molecule has 104 valence electrons. The molecule has 0 fully saturated rings. The molecule has 0 aliphatic rings. The zero-order valence-corrected chi connectivity index (χ0v) is 12.9. The highest BCUT2D eigenvalue weighted by Gasteiger charge is 2.12. The van der Waals surface area contributed by atoms with E-state index in [4.69, 9.17) is 4.74 Å². The zero-order chi connectivity index (χ0) is 13.6. The number of ether oxygens (including phenoxy) is 1. The molecule has 0 aliphatic carbocycles. The minimum absolute atomic E-state index is 0.0995. The molecule has 18 heavy (non-hydrogen) atoms. The predicted molar refractivity (Wildman–Crippen MR) is 76.1 cm³/mol. The van der Waals surface area contributed by atoms with Gasteiger partial charge in [0, 0.05) is 5.54 Å². The zero-order valence-electron chi connectivity index (χ0n) is 12.1. The second kappa shape index (κ2) is 7.04. The molecule has 4 nitrogen and oxygen atoms in total. The van der Waals surface area contributed by atoms with Crippen molar-refractivity contribution in [1.82, 2.24) is 15.5 Å². The Bertz CT molecular complexity index is 346. The normalized spacial score (nSPS) is 13.6. The number of rotatable bonds is 7.